The van der Waals surface area contributed by atoms with Crippen molar-refractivity contribution in [3.05, 3.63) is 95.4 Å². The van der Waals surface area contributed by atoms with Crippen LogP contribution in [0.5, 0.6) is 5.75 Å². The maximum Gasteiger partial charge on any atom is 0.282 e. The van der Waals surface area contributed by atoms with Gasteiger partial charge in [0.2, 0.25) is 0 Å². The molecule has 32 heavy (non-hydrogen) atoms. The number of halogens is 1. The lowest BCUT2D eigenvalue weighted by Crippen LogP contribution is -2.32. The first-order valence-corrected chi connectivity index (χ1v) is 10.4. The minimum absolute atomic E-state index is 0.144. The summed E-state index contributed by atoms with van der Waals surface area (Å²) in [5.74, 6) is -0.898. The van der Waals surface area contributed by atoms with Gasteiger partial charge < -0.3 is 10.1 Å². The van der Waals surface area contributed by atoms with Crippen LogP contribution in [0.4, 0.5) is 15.8 Å². The summed E-state index contributed by atoms with van der Waals surface area (Å²) in [7, 11) is 0. The van der Waals surface area contributed by atoms with Crippen LogP contribution >= 0.6 is 0 Å². The van der Waals surface area contributed by atoms with E-state index in [0.29, 0.717) is 23.6 Å². The van der Waals surface area contributed by atoms with Gasteiger partial charge in [-0.3, -0.25) is 9.59 Å². The average molecular weight is 430 g/mol. The van der Waals surface area contributed by atoms with Gasteiger partial charge in [0.05, 0.1) is 17.9 Å². The molecule has 1 heterocycles. The molecule has 0 aromatic heterocycles. The molecule has 2 amide bonds. The fourth-order valence-electron chi connectivity index (χ4n) is 3.48. The standard InChI is InChI=1S/C26H23FN2O3/c1-3-15-32-22-13-9-18(10-14-22)23-24(28-20-11-7-17(2)8-12-20)26(31)29(25(23)30)21-6-4-5-19(27)16-21/h4-14,16,28H,3,15H2,1-2H3. The lowest BCUT2D eigenvalue weighted by atomic mass is 10.0. The monoisotopic (exact) mass is 430 g/mol. The van der Waals surface area contributed by atoms with Gasteiger partial charge in [-0.25, -0.2) is 9.29 Å². The quantitative estimate of drug-likeness (QED) is 0.516. The molecule has 0 spiro atoms. The highest BCUT2D eigenvalue weighted by Crippen LogP contribution is 2.34. The van der Waals surface area contributed by atoms with Crippen molar-refractivity contribution in [3.8, 4) is 5.75 Å². The Morgan fingerprint density at radius 2 is 1.66 bits per heavy atom. The van der Waals surface area contributed by atoms with Crippen LogP contribution in [0.2, 0.25) is 0 Å². The normalized spacial score (nSPS) is 13.7. The number of rotatable bonds is 7. The summed E-state index contributed by atoms with van der Waals surface area (Å²) >= 11 is 0. The molecule has 0 unspecified atom stereocenters. The molecule has 0 saturated heterocycles. The van der Waals surface area contributed by atoms with Gasteiger partial charge in [0.1, 0.15) is 17.3 Å². The second-order valence-electron chi connectivity index (χ2n) is 7.54. The van der Waals surface area contributed by atoms with E-state index < -0.39 is 17.6 Å². The van der Waals surface area contributed by atoms with Crippen molar-refractivity contribution in [2.24, 2.45) is 0 Å². The first-order valence-electron chi connectivity index (χ1n) is 10.4. The number of aryl methyl sites for hydroxylation is 1. The van der Waals surface area contributed by atoms with Crippen LogP contribution in [0, 0.1) is 12.7 Å². The van der Waals surface area contributed by atoms with Crippen LogP contribution in [-0.2, 0) is 9.59 Å². The molecule has 5 nitrogen and oxygen atoms in total. The summed E-state index contributed by atoms with van der Waals surface area (Å²) in [5, 5.41) is 3.10. The lowest BCUT2D eigenvalue weighted by molar-refractivity contribution is -0.120. The van der Waals surface area contributed by atoms with Gasteiger partial charge in [-0.1, -0.05) is 42.8 Å². The highest BCUT2D eigenvalue weighted by molar-refractivity contribution is 6.46. The van der Waals surface area contributed by atoms with E-state index in [1.165, 1.54) is 24.3 Å². The zero-order valence-corrected chi connectivity index (χ0v) is 17.9. The minimum atomic E-state index is -0.539. The summed E-state index contributed by atoms with van der Waals surface area (Å²) in [6.07, 6.45) is 0.882. The Balaban J connectivity index is 1.76. The summed E-state index contributed by atoms with van der Waals surface area (Å²) in [5.41, 5.74) is 2.87. The molecule has 0 fully saturated rings. The van der Waals surface area contributed by atoms with Gasteiger partial charge in [0, 0.05) is 5.69 Å². The molecular formula is C26H23FN2O3. The Morgan fingerprint density at radius 1 is 0.938 bits per heavy atom. The molecule has 0 saturated carbocycles. The summed E-state index contributed by atoms with van der Waals surface area (Å²) in [6.45, 7) is 4.58. The van der Waals surface area contributed by atoms with Crippen molar-refractivity contribution in [2.75, 3.05) is 16.8 Å². The maximum absolute atomic E-state index is 13.8. The van der Waals surface area contributed by atoms with Crippen molar-refractivity contribution in [1.82, 2.24) is 0 Å². The number of hydrogen-bond donors (Lipinski definition) is 1. The van der Waals surface area contributed by atoms with Crippen molar-refractivity contribution in [3.63, 3.8) is 0 Å². The zero-order chi connectivity index (χ0) is 22.7. The van der Waals surface area contributed by atoms with Crippen molar-refractivity contribution in [2.45, 2.75) is 20.3 Å². The average Bonchev–Trinajstić information content (AvgIpc) is 3.03. The highest BCUT2D eigenvalue weighted by Gasteiger charge is 2.40. The van der Waals surface area contributed by atoms with Crippen LogP contribution in [0.15, 0.2) is 78.5 Å². The molecule has 4 rings (SSSR count). The molecule has 3 aromatic rings. The van der Waals surface area contributed by atoms with Gasteiger partial charge in [-0.05, 0) is 61.4 Å². The predicted molar refractivity (Wildman–Crippen MR) is 123 cm³/mol. The molecule has 6 heteroatoms. The van der Waals surface area contributed by atoms with Gasteiger partial charge in [0.25, 0.3) is 11.8 Å². The molecular weight excluding hydrogens is 407 g/mol. The fourth-order valence-corrected chi connectivity index (χ4v) is 3.48. The third kappa shape index (κ3) is 4.25. The number of ether oxygens (including phenoxy) is 1. The second-order valence-corrected chi connectivity index (χ2v) is 7.54. The van der Waals surface area contributed by atoms with Crippen LogP contribution in [-0.4, -0.2) is 18.4 Å². The lowest BCUT2D eigenvalue weighted by Gasteiger charge is -2.15. The SMILES string of the molecule is CCCOc1ccc(C2=C(Nc3ccc(C)cc3)C(=O)N(c3cccc(F)c3)C2=O)cc1. The Labute approximate surface area is 186 Å². The molecule has 3 aromatic carbocycles. The van der Waals surface area contributed by atoms with E-state index in [2.05, 4.69) is 5.32 Å². The van der Waals surface area contributed by atoms with Gasteiger partial charge >= 0.3 is 0 Å². The van der Waals surface area contributed by atoms with E-state index in [4.69, 9.17) is 4.74 Å². The number of anilines is 2. The number of amides is 2. The van der Waals surface area contributed by atoms with E-state index in [9.17, 15) is 14.0 Å². The minimum Gasteiger partial charge on any atom is -0.494 e. The van der Waals surface area contributed by atoms with E-state index in [1.54, 1.807) is 24.3 Å². The van der Waals surface area contributed by atoms with E-state index in [0.717, 1.165) is 16.9 Å². The third-order valence-electron chi connectivity index (χ3n) is 5.09. The maximum atomic E-state index is 13.8. The topological polar surface area (TPSA) is 58.6 Å². The van der Waals surface area contributed by atoms with Gasteiger partial charge in [-0.2, -0.15) is 0 Å². The van der Waals surface area contributed by atoms with E-state index in [1.807, 2.05) is 38.1 Å². The number of imide groups is 1. The predicted octanol–water partition coefficient (Wildman–Crippen LogP) is 5.32. The first-order chi connectivity index (χ1) is 15.5. The third-order valence-corrected chi connectivity index (χ3v) is 5.09. The number of carbonyl (C=O) groups excluding carboxylic acids is 2. The number of nitrogens with one attached hydrogen (secondary N) is 1. The van der Waals surface area contributed by atoms with Crippen LogP contribution < -0.4 is 15.0 Å². The summed E-state index contributed by atoms with van der Waals surface area (Å²) < 4.78 is 19.5. The highest BCUT2D eigenvalue weighted by atomic mass is 19.1. The molecule has 1 N–H and O–H groups in total. The number of nitrogens with zero attached hydrogens (tertiary/aromatic N) is 1. The number of benzene rings is 3. The zero-order valence-electron chi connectivity index (χ0n) is 17.9. The van der Waals surface area contributed by atoms with E-state index in [-0.39, 0.29) is 17.0 Å². The van der Waals surface area contributed by atoms with Crippen LogP contribution in [0.3, 0.4) is 0 Å². The Morgan fingerprint density at radius 3 is 2.31 bits per heavy atom. The first kappa shape index (κ1) is 21.3. The molecule has 0 aliphatic carbocycles. The summed E-state index contributed by atoms with van der Waals surface area (Å²) in [4.78, 5) is 27.7. The molecule has 1 aliphatic heterocycles. The molecule has 0 atom stereocenters. The smallest absolute Gasteiger partial charge is 0.282 e. The Hall–Kier alpha value is -3.93. The Kier molecular flexibility index (Phi) is 6.03. The largest absolute Gasteiger partial charge is 0.494 e. The van der Waals surface area contributed by atoms with Gasteiger partial charge in [-0.15, -0.1) is 0 Å². The van der Waals surface area contributed by atoms with Gasteiger partial charge in [0.15, 0.2) is 0 Å². The van der Waals surface area contributed by atoms with Crippen LogP contribution in [0.1, 0.15) is 24.5 Å². The summed E-state index contributed by atoms with van der Waals surface area (Å²) in [6, 6.07) is 20.0. The molecule has 0 radical (unpaired) electrons. The Bertz CT molecular complexity index is 1180. The second kappa shape index (κ2) is 9.06. The molecule has 1 aliphatic rings. The molecule has 0 bridgehead atoms. The fraction of sp³-hybridized carbons (Fsp3) is 0.154. The molecule has 162 valence electrons. The van der Waals surface area contributed by atoms with E-state index >= 15 is 0 Å². The van der Waals surface area contributed by atoms with Crippen molar-refractivity contribution < 1.29 is 18.7 Å². The van der Waals surface area contributed by atoms with Crippen molar-refractivity contribution in [1.29, 1.82) is 0 Å². The van der Waals surface area contributed by atoms with Crippen LogP contribution in [0.25, 0.3) is 5.57 Å². The number of carbonyl (C=O) groups is 2. The van der Waals surface area contributed by atoms with Crippen molar-refractivity contribution >= 4 is 28.8 Å². The number of hydrogen-bond acceptors (Lipinski definition) is 4.